The Hall–Kier alpha value is -1.78. The highest BCUT2D eigenvalue weighted by molar-refractivity contribution is 5.94. The van der Waals surface area contributed by atoms with Gasteiger partial charge < -0.3 is 16.2 Å². The first-order chi connectivity index (χ1) is 8.49. The average Bonchev–Trinajstić information content (AvgIpc) is 2.32. The molecule has 4 nitrogen and oxygen atoms in total. The first kappa shape index (κ1) is 14.3. The summed E-state index contributed by atoms with van der Waals surface area (Å²) in [4.78, 5) is 10.9. The number of nitrogens with one attached hydrogen (secondary N) is 1. The maximum atomic E-state index is 13.6. The number of hydrogen-bond acceptors (Lipinski definition) is 3. The smallest absolute Gasteiger partial charge is 0.337 e. The third kappa shape index (κ3) is 3.35. The monoisotopic (exact) mass is 254 g/mol. The molecule has 0 amide bonds. The molecule has 0 spiro atoms. The Morgan fingerprint density at radius 1 is 1.44 bits per heavy atom. The molecule has 5 heteroatoms. The lowest BCUT2D eigenvalue weighted by molar-refractivity contribution is 0.0698. The van der Waals surface area contributed by atoms with E-state index in [1.165, 1.54) is 6.07 Å². The van der Waals surface area contributed by atoms with Crippen LogP contribution < -0.4 is 11.1 Å². The number of nitrogens with two attached hydrogens (primary N) is 1. The van der Waals surface area contributed by atoms with E-state index in [2.05, 4.69) is 19.2 Å². The summed E-state index contributed by atoms with van der Waals surface area (Å²) in [5.74, 6) is -1.24. The number of halogens is 1. The van der Waals surface area contributed by atoms with Crippen molar-refractivity contribution < 1.29 is 14.3 Å². The summed E-state index contributed by atoms with van der Waals surface area (Å²) in [7, 11) is 0. The van der Waals surface area contributed by atoms with Gasteiger partial charge in [-0.2, -0.15) is 0 Å². The molecule has 18 heavy (non-hydrogen) atoms. The molecule has 0 unspecified atom stereocenters. The highest BCUT2D eigenvalue weighted by Crippen LogP contribution is 2.23. The van der Waals surface area contributed by atoms with Gasteiger partial charge in [-0.05, 0) is 18.1 Å². The second-order valence-electron chi connectivity index (χ2n) is 4.29. The first-order valence-corrected chi connectivity index (χ1v) is 6.05. The molecular formula is C13H19FN2O2. The second kappa shape index (κ2) is 6.23. The molecule has 1 aromatic carbocycles. The minimum atomic E-state index is -1.15. The number of benzene rings is 1. The van der Waals surface area contributed by atoms with Crippen LogP contribution in [0.3, 0.4) is 0 Å². The number of hydrogen-bond donors (Lipinski definition) is 3. The summed E-state index contributed by atoms with van der Waals surface area (Å²) in [6.07, 6.45) is 1.98. The Bertz CT molecular complexity index is 431. The van der Waals surface area contributed by atoms with Crippen LogP contribution >= 0.6 is 0 Å². The van der Waals surface area contributed by atoms with Crippen LogP contribution in [0.4, 0.5) is 15.8 Å². The van der Waals surface area contributed by atoms with Crippen molar-refractivity contribution in [2.45, 2.75) is 26.7 Å². The third-order valence-electron chi connectivity index (χ3n) is 3.11. The summed E-state index contributed by atoms with van der Waals surface area (Å²) >= 11 is 0. The average molecular weight is 254 g/mol. The van der Waals surface area contributed by atoms with Crippen LogP contribution in [0.15, 0.2) is 12.1 Å². The summed E-state index contributed by atoms with van der Waals surface area (Å²) in [6.45, 7) is 4.75. The van der Waals surface area contributed by atoms with Crippen LogP contribution in [-0.2, 0) is 0 Å². The largest absolute Gasteiger partial charge is 0.478 e. The highest BCUT2D eigenvalue weighted by atomic mass is 19.1. The molecule has 1 aromatic rings. The molecule has 0 saturated carbocycles. The van der Waals surface area contributed by atoms with Gasteiger partial charge in [-0.25, -0.2) is 9.18 Å². The zero-order valence-electron chi connectivity index (χ0n) is 10.7. The van der Waals surface area contributed by atoms with E-state index in [1.54, 1.807) is 0 Å². The van der Waals surface area contributed by atoms with Crippen molar-refractivity contribution in [2.24, 2.45) is 5.92 Å². The van der Waals surface area contributed by atoms with Gasteiger partial charge in [-0.3, -0.25) is 0 Å². The van der Waals surface area contributed by atoms with E-state index in [4.69, 9.17) is 10.8 Å². The number of anilines is 2. The standard InChI is InChI=1S/C13H19FN2O2/c1-3-8(4-2)7-16-12-5-9(13(17)18)11(15)6-10(12)14/h5-6,8,16H,3-4,7,15H2,1-2H3,(H,17,18). The molecule has 0 bridgehead atoms. The molecule has 4 N–H and O–H groups in total. The van der Waals surface area contributed by atoms with Gasteiger partial charge in [0.15, 0.2) is 0 Å². The van der Waals surface area contributed by atoms with Crippen molar-refractivity contribution in [2.75, 3.05) is 17.6 Å². The minimum absolute atomic E-state index is 0.0620. The number of carboxylic acid groups (broad SMARTS) is 1. The normalized spacial score (nSPS) is 10.7. The predicted molar refractivity (Wildman–Crippen MR) is 70.3 cm³/mol. The third-order valence-corrected chi connectivity index (χ3v) is 3.11. The van der Waals surface area contributed by atoms with Crippen molar-refractivity contribution in [1.29, 1.82) is 0 Å². The van der Waals surface area contributed by atoms with Gasteiger partial charge in [0.05, 0.1) is 11.3 Å². The molecule has 100 valence electrons. The van der Waals surface area contributed by atoms with Crippen LogP contribution in [0, 0.1) is 11.7 Å². The van der Waals surface area contributed by atoms with E-state index in [1.807, 2.05) is 0 Å². The summed E-state index contributed by atoms with van der Waals surface area (Å²) in [5.41, 5.74) is 5.50. The maximum Gasteiger partial charge on any atom is 0.337 e. The fraction of sp³-hybridized carbons (Fsp3) is 0.462. The SMILES string of the molecule is CCC(CC)CNc1cc(C(=O)O)c(N)cc1F. The number of aromatic carboxylic acids is 1. The van der Waals surface area contributed by atoms with Crippen LogP contribution in [-0.4, -0.2) is 17.6 Å². The van der Waals surface area contributed by atoms with Crippen LogP contribution in [0.25, 0.3) is 0 Å². The van der Waals surface area contributed by atoms with Gasteiger partial charge in [-0.15, -0.1) is 0 Å². The Kier molecular flexibility index (Phi) is 4.95. The topological polar surface area (TPSA) is 75.3 Å². The predicted octanol–water partition coefficient (Wildman–Crippen LogP) is 2.95. The van der Waals surface area contributed by atoms with Crippen molar-refractivity contribution in [1.82, 2.24) is 0 Å². The number of rotatable bonds is 6. The van der Waals surface area contributed by atoms with E-state index < -0.39 is 11.8 Å². The fourth-order valence-electron chi connectivity index (χ4n) is 1.74. The van der Waals surface area contributed by atoms with E-state index in [-0.39, 0.29) is 16.9 Å². The first-order valence-electron chi connectivity index (χ1n) is 6.05. The van der Waals surface area contributed by atoms with Gasteiger partial charge in [-0.1, -0.05) is 26.7 Å². The van der Waals surface area contributed by atoms with Crippen LogP contribution in [0.2, 0.25) is 0 Å². The fourth-order valence-corrected chi connectivity index (χ4v) is 1.74. The van der Waals surface area contributed by atoms with E-state index in [0.29, 0.717) is 12.5 Å². The summed E-state index contributed by atoms with van der Waals surface area (Å²) in [6, 6.07) is 2.29. The lowest BCUT2D eigenvalue weighted by Gasteiger charge is -2.15. The molecule has 0 aliphatic rings. The van der Waals surface area contributed by atoms with Gasteiger partial charge in [0.1, 0.15) is 5.82 Å². The van der Waals surface area contributed by atoms with Crippen molar-refractivity contribution in [3.05, 3.63) is 23.5 Å². The summed E-state index contributed by atoms with van der Waals surface area (Å²) < 4.78 is 13.6. The Morgan fingerprint density at radius 3 is 2.56 bits per heavy atom. The zero-order chi connectivity index (χ0) is 13.7. The molecule has 1 rings (SSSR count). The number of carboxylic acids is 1. The van der Waals surface area contributed by atoms with Crippen molar-refractivity contribution >= 4 is 17.3 Å². The zero-order valence-corrected chi connectivity index (χ0v) is 10.7. The van der Waals surface area contributed by atoms with E-state index in [0.717, 1.165) is 18.9 Å². The van der Waals surface area contributed by atoms with Crippen molar-refractivity contribution in [3.8, 4) is 0 Å². The number of nitrogen functional groups attached to an aromatic ring is 1. The summed E-state index contributed by atoms with van der Waals surface area (Å²) in [5, 5.41) is 11.9. The molecule has 0 fully saturated rings. The molecule has 0 aliphatic heterocycles. The second-order valence-corrected chi connectivity index (χ2v) is 4.29. The lowest BCUT2D eigenvalue weighted by atomic mass is 10.0. The molecule has 0 aromatic heterocycles. The van der Waals surface area contributed by atoms with E-state index in [9.17, 15) is 9.18 Å². The Balaban J connectivity index is 2.88. The molecule has 0 saturated heterocycles. The molecule has 0 aliphatic carbocycles. The lowest BCUT2D eigenvalue weighted by Crippen LogP contribution is -2.14. The Morgan fingerprint density at radius 2 is 2.06 bits per heavy atom. The van der Waals surface area contributed by atoms with E-state index >= 15 is 0 Å². The minimum Gasteiger partial charge on any atom is -0.478 e. The molecule has 0 atom stereocenters. The quantitative estimate of drug-likeness (QED) is 0.682. The van der Waals surface area contributed by atoms with Crippen molar-refractivity contribution in [3.63, 3.8) is 0 Å². The Labute approximate surface area is 106 Å². The van der Waals surface area contributed by atoms with Crippen LogP contribution in [0.1, 0.15) is 37.0 Å². The maximum absolute atomic E-state index is 13.6. The molecule has 0 heterocycles. The van der Waals surface area contributed by atoms with Crippen LogP contribution in [0.5, 0.6) is 0 Å². The van der Waals surface area contributed by atoms with Gasteiger partial charge >= 0.3 is 5.97 Å². The van der Waals surface area contributed by atoms with Gasteiger partial charge in [0.25, 0.3) is 0 Å². The van der Waals surface area contributed by atoms with Gasteiger partial charge in [0, 0.05) is 12.2 Å². The molecule has 0 radical (unpaired) electrons. The number of carbonyl (C=O) groups is 1. The highest BCUT2D eigenvalue weighted by Gasteiger charge is 2.13. The molecular weight excluding hydrogens is 235 g/mol. The van der Waals surface area contributed by atoms with Gasteiger partial charge in [0.2, 0.25) is 0 Å².